The third-order valence-corrected chi connectivity index (χ3v) is 4.84. The third kappa shape index (κ3) is 2.44. The van der Waals surface area contributed by atoms with E-state index in [0.29, 0.717) is 24.3 Å². The van der Waals surface area contributed by atoms with Crippen molar-refractivity contribution in [1.29, 1.82) is 0 Å². The fourth-order valence-electron chi connectivity index (χ4n) is 2.75. The summed E-state index contributed by atoms with van der Waals surface area (Å²) in [6.45, 7) is 0.734. The number of thioether (sulfide) groups is 1. The van der Waals surface area contributed by atoms with Gasteiger partial charge in [-0.1, -0.05) is 17.8 Å². The van der Waals surface area contributed by atoms with Crippen molar-refractivity contribution in [3.05, 3.63) is 36.2 Å². The van der Waals surface area contributed by atoms with Gasteiger partial charge in [0, 0.05) is 18.7 Å². The Morgan fingerprint density at radius 2 is 2.08 bits per heavy atom. The van der Waals surface area contributed by atoms with Gasteiger partial charge in [-0.2, -0.15) is 0 Å². The summed E-state index contributed by atoms with van der Waals surface area (Å²) in [4.78, 5) is 38.8. The molecule has 9 nitrogen and oxygen atoms in total. The zero-order valence-corrected chi connectivity index (χ0v) is 13.2. The molecule has 0 spiro atoms. The van der Waals surface area contributed by atoms with Gasteiger partial charge in [0.25, 0.3) is 11.1 Å². The Morgan fingerprint density at radius 3 is 2.75 bits per heavy atom. The molecule has 0 aliphatic carbocycles. The molecule has 2 aromatic rings. The molecule has 3 amide bonds. The van der Waals surface area contributed by atoms with E-state index in [1.54, 1.807) is 29.2 Å². The molecule has 122 valence electrons. The van der Waals surface area contributed by atoms with Gasteiger partial charge in [0.05, 0.1) is 17.5 Å². The van der Waals surface area contributed by atoms with E-state index in [1.165, 1.54) is 15.9 Å². The first-order valence-electron chi connectivity index (χ1n) is 7.25. The lowest BCUT2D eigenvalue weighted by atomic mass is 10.0. The number of imide groups is 1. The fraction of sp³-hybridized carbons (Fsp3) is 0.286. The van der Waals surface area contributed by atoms with Crippen LogP contribution in [-0.4, -0.2) is 71.9 Å². The van der Waals surface area contributed by atoms with E-state index in [9.17, 15) is 14.4 Å². The number of carbonyl (C=O) groups excluding carboxylic acids is 3. The van der Waals surface area contributed by atoms with Crippen LogP contribution in [0.5, 0.6) is 0 Å². The number of likely N-dealkylation sites (tertiary alicyclic amines) is 1. The second kappa shape index (κ2) is 5.71. The lowest BCUT2D eigenvalue weighted by Crippen LogP contribution is -2.62. The van der Waals surface area contributed by atoms with Crippen molar-refractivity contribution in [2.24, 2.45) is 0 Å². The van der Waals surface area contributed by atoms with E-state index in [-0.39, 0.29) is 28.8 Å². The fourth-order valence-corrected chi connectivity index (χ4v) is 3.52. The molecule has 0 atom stereocenters. The zero-order chi connectivity index (χ0) is 16.7. The Morgan fingerprint density at radius 1 is 1.25 bits per heavy atom. The molecule has 10 heteroatoms. The molecular formula is C14H12N6O3S. The Kier molecular flexibility index (Phi) is 3.53. The Labute approximate surface area is 140 Å². The van der Waals surface area contributed by atoms with Gasteiger partial charge in [-0.25, -0.2) is 4.68 Å². The van der Waals surface area contributed by atoms with Crippen molar-refractivity contribution >= 4 is 28.8 Å². The standard InChI is InChI=1S/C14H12N6O3S/c21-12-7-24-14(23)20(12)11-5-18(6-11)13(22)9-2-1-3-10(4-9)19-8-15-16-17-19/h1-4,8,11H,5-7H2. The van der Waals surface area contributed by atoms with Crippen molar-refractivity contribution < 1.29 is 14.4 Å². The molecule has 4 rings (SSSR count). The van der Waals surface area contributed by atoms with Crippen LogP contribution in [0.15, 0.2) is 30.6 Å². The van der Waals surface area contributed by atoms with Gasteiger partial charge in [0.1, 0.15) is 6.33 Å². The third-order valence-electron chi connectivity index (χ3n) is 4.01. The second-order valence-corrected chi connectivity index (χ2v) is 6.41. The smallest absolute Gasteiger partial charge is 0.289 e. The molecule has 2 aliphatic rings. The van der Waals surface area contributed by atoms with Crippen molar-refractivity contribution in [1.82, 2.24) is 30.0 Å². The average Bonchev–Trinajstić information content (AvgIpc) is 3.19. The lowest BCUT2D eigenvalue weighted by Gasteiger charge is -2.42. The van der Waals surface area contributed by atoms with Gasteiger partial charge in [0.2, 0.25) is 5.91 Å². The van der Waals surface area contributed by atoms with E-state index in [4.69, 9.17) is 0 Å². The summed E-state index contributed by atoms with van der Waals surface area (Å²) in [5, 5.41) is 10.7. The topological polar surface area (TPSA) is 101 Å². The Bertz CT molecular complexity index is 802. The van der Waals surface area contributed by atoms with E-state index >= 15 is 0 Å². The maximum absolute atomic E-state index is 12.5. The first-order valence-corrected chi connectivity index (χ1v) is 8.23. The summed E-state index contributed by atoms with van der Waals surface area (Å²) in [5.41, 5.74) is 1.19. The van der Waals surface area contributed by atoms with Crippen LogP contribution in [0.4, 0.5) is 4.79 Å². The monoisotopic (exact) mass is 344 g/mol. The van der Waals surface area contributed by atoms with Crippen LogP contribution in [0.2, 0.25) is 0 Å². The predicted octanol–water partition coefficient (Wildman–Crippen LogP) is 0.182. The highest BCUT2D eigenvalue weighted by molar-refractivity contribution is 8.14. The van der Waals surface area contributed by atoms with Crippen LogP contribution in [0.3, 0.4) is 0 Å². The molecule has 2 saturated heterocycles. The summed E-state index contributed by atoms with van der Waals surface area (Å²) in [6, 6.07) is 6.75. The minimum Gasteiger partial charge on any atom is -0.334 e. The highest BCUT2D eigenvalue weighted by Crippen LogP contribution is 2.27. The number of amides is 3. The van der Waals surface area contributed by atoms with Gasteiger partial charge in [-0.15, -0.1) is 5.10 Å². The van der Waals surface area contributed by atoms with Crippen molar-refractivity contribution in [2.45, 2.75) is 6.04 Å². The van der Waals surface area contributed by atoms with Gasteiger partial charge in [-0.05, 0) is 28.6 Å². The van der Waals surface area contributed by atoms with Crippen molar-refractivity contribution in [3.63, 3.8) is 0 Å². The zero-order valence-electron chi connectivity index (χ0n) is 12.4. The first-order chi connectivity index (χ1) is 11.6. The largest absolute Gasteiger partial charge is 0.334 e. The minimum atomic E-state index is -0.224. The number of tetrazole rings is 1. The SMILES string of the molecule is O=C(c1cccc(-n2cnnn2)c1)N1CC(N2C(=O)CSC2=O)C1. The van der Waals surface area contributed by atoms with E-state index < -0.39 is 0 Å². The quantitative estimate of drug-likeness (QED) is 0.783. The predicted molar refractivity (Wildman–Crippen MR) is 83.5 cm³/mol. The summed E-state index contributed by atoms with van der Waals surface area (Å²) in [5.74, 6) is -0.132. The van der Waals surface area contributed by atoms with E-state index in [2.05, 4.69) is 15.5 Å². The summed E-state index contributed by atoms with van der Waals surface area (Å²) in [7, 11) is 0. The molecule has 2 fully saturated rings. The number of hydrogen-bond donors (Lipinski definition) is 0. The molecule has 0 bridgehead atoms. The van der Waals surface area contributed by atoms with Crippen LogP contribution >= 0.6 is 11.8 Å². The van der Waals surface area contributed by atoms with Crippen molar-refractivity contribution in [2.75, 3.05) is 18.8 Å². The van der Waals surface area contributed by atoms with Crippen LogP contribution < -0.4 is 0 Å². The summed E-state index contributed by atoms with van der Waals surface area (Å²) in [6.07, 6.45) is 1.45. The number of carbonyl (C=O) groups is 3. The van der Waals surface area contributed by atoms with E-state index in [0.717, 1.165) is 11.8 Å². The van der Waals surface area contributed by atoms with Gasteiger partial charge in [0.15, 0.2) is 0 Å². The average molecular weight is 344 g/mol. The maximum atomic E-state index is 12.5. The van der Waals surface area contributed by atoms with Gasteiger partial charge in [-0.3, -0.25) is 19.3 Å². The highest BCUT2D eigenvalue weighted by Gasteiger charge is 2.43. The van der Waals surface area contributed by atoms with Crippen LogP contribution in [0.1, 0.15) is 10.4 Å². The molecule has 2 aliphatic heterocycles. The molecule has 24 heavy (non-hydrogen) atoms. The number of hydrogen-bond acceptors (Lipinski definition) is 7. The number of benzene rings is 1. The van der Waals surface area contributed by atoms with Crippen LogP contribution in [-0.2, 0) is 4.79 Å². The van der Waals surface area contributed by atoms with Crippen LogP contribution in [0, 0.1) is 0 Å². The first kappa shape index (κ1) is 14.8. The Hall–Kier alpha value is -2.75. The normalized spacial score (nSPS) is 18.2. The molecule has 1 aromatic heterocycles. The lowest BCUT2D eigenvalue weighted by molar-refractivity contribution is -0.128. The number of nitrogens with zero attached hydrogens (tertiary/aromatic N) is 6. The molecule has 1 aromatic carbocycles. The molecule has 0 saturated carbocycles. The molecular weight excluding hydrogens is 332 g/mol. The minimum absolute atomic E-state index is 0.145. The van der Waals surface area contributed by atoms with Gasteiger partial charge >= 0.3 is 0 Å². The summed E-state index contributed by atoms with van der Waals surface area (Å²) < 4.78 is 1.47. The number of aromatic nitrogens is 4. The van der Waals surface area contributed by atoms with Crippen LogP contribution in [0.25, 0.3) is 5.69 Å². The van der Waals surface area contributed by atoms with E-state index in [1.807, 2.05) is 0 Å². The highest BCUT2D eigenvalue weighted by atomic mass is 32.2. The maximum Gasteiger partial charge on any atom is 0.289 e. The number of rotatable bonds is 3. The molecule has 0 unspecified atom stereocenters. The molecule has 3 heterocycles. The second-order valence-electron chi connectivity index (χ2n) is 5.49. The van der Waals surface area contributed by atoms with Crippen molar-refractivity contribution in [3.8, 4) is 5.69 Å². The Balaban J connectivity index is 1.45. The van der Waals surface area contributed by atoms with Gasteiger partial charge < -0.3 is 4.90 Å². The summed E-state index contributed by atoms with van der Waals surface area (Å²) >= 11 is 1.01. The molecule has 0 N–H and O–H groups in total. The molecule has 0 radical (unpaired) electrons.